The molecule has 0 radical (unpaired) electrons. The first kappa shape index (κ1) is 58.3. The van der Waals surface area contributed by atoms with Crippen LogP contribution in [0.4, 0.5) is 0 Å². The Kier molecular flexibility index (Phi) is 40.6. The smallest absolute Gasteiger partial charge is 0.306 e. The van der Waals surface area contributed by atoms with Crippen molar-refractivity contribution in [1.82, 2.24) is 20.4 Å². The molecule has 0 aromatic carbocycles. The maximum Gasteiger partial charge on any atom is 0.306 e. The fourth-order valence-electron chi connectivity index (χ4n) is 8.57. The van der Waals surface area contributed by atoms with Gasteiger partial charge in [-0.15, -0.1) is 0 Å². The summed E-state index contributed by atoms with van der Waals surface area (Å²) in [5, 5.41) is 6.55. The Balaban J connectivity index is 0. The molecule has 370 valence electrons. The zero-order chi connectivity index (χ0) is 45.1. The Morgan fingerprint density at radius 3 is 1.50 bits per heavy atom. The van der Waals surface area contributed by atoms with Crippen LogP contribution < -0.4 is 10.6 Å². The summed E-state index contributed by atoms with van der Waals surface area (Å²) >= 11 is 0. The van der Waals surface area contributed by atoms with Gasteiger partial charge < -0.3 is 24.0 Å². The maximum absolute atomic E-state index is 12.9. The van der Waals surface area contributed by atoms with E-state index in [2.05, 4.69) is 43.2 Å². The van der Waals surface area contributed by atoms with E-state index in [0.717, 1.165) is 116 Å². The fourth-order valence-corrected chi connectivity index (χ4v) is 8.57. The highest BCUT2D eigenvalue weighted by Gasteiger charge is 2.24. The SMILES string of the molecule is CCCCCCCCC(CC)OC(=O)CCCCCCCN(CCCCCCCC(=O)OC(CCCCCCCC)CCCCCCCC)CCCNC1NCOCN(C)C1=O.[HH].[HH]. The van der Waals surface area contributed by atoms with Crippen LogP contribution in [0.2, 0.25) is 0 Å². The van der Waals surface area contributed by atoms with Crippen LogP contribution in [0.25, 0.3) is 0 Å². The van der Waals surface area contributed by atoms with Crippen LogP contribution in [0.1, 0.15) is 255 Å². The summed E-state index contributed by atoms with van der Waals surface area (Å²) in [6, 6.07) is 0. The molecule has 1 amide bonds. The van der Waals surface area contributed by atoms with Gasteiger partial charge in [-0.05, 0) is 103 Å². The van der Waals surface area contributed by atoms with Gasteiger partial charge in [-0.2, -0.15) is 0 Å². The third-order valence-corrected chi connectivity index (χ3v) is 12.7. The lowest BCUT2D eigenvalue weighted by Crippen LogP contribution is -2.52. The molecule has 0 spiro atoms. The van der Waals surface area contributed by atoms with Gasteiger partial charge >= 0.3 is 11.9 Å². The standard InChI is InChI=1S/C52H102N4O6.2H2/c1-6-10-13-16-21-28-36-47(9-4)61-49(57)39-31-24-19-26-33-42-56(44-35-41-53-51-52(59)55(5)46-60-45-54-51)43-34-27-20-25-32-40-50(58)62-48(37-29-22-17-14-11-7-2)38-30-23-18-15-12-8-3;;/h47-48,51,53-54H,6-46H2,1-5H3;2*1H. The van der Waals surface area contributed by atoms with Gasteiger partial charge in [0.05, 0.1) is 0 Å². The van der Waals surface area contributed by atoms with E-state index in [0.29, 0.717) is 26.3 Å². The van der Waals surface area contributed by atoms with E-state index < -0.39 is 6.17 Å². The topological polar surface area (TPSA) is 109 Å². The van der Waals surface area contributed by atoms with E-state index in [1.807, 2.05) is 0 Å². The van der Waals surface area contributed by atoms with Gasteiger partial charge in [-0.3, -0.25) is 25.0 Å². The molecule has 62 heavy (non-hydrogen) atoms. The fraction of sp³-hybridized carbons (Fsp3) is 0.942. The lowest BCUT2D eigenvalue weighted by molar-refractivity contribution is -0.150. The molecule has 0 aliphatic carbocycles. The lowest BCUT2D eigenvalue weighted by atomic mass is 10.0. The minimum Gasteiger partial charge on any atom is -0.462 e. The number of unbranched alkanes of at least 4 members (excludes halogenated alkanes) is 23. The molecular formula is C52H106N4O6. The Morgan fingerprint density at radius 2 is 1.02 bits per heavy atom. The Bertz CT molecular complexity index is 1030. The summed E-state index contributed by atoms with van der Waals surface area (Å²) < 4.78 is 17.4. The van der Waals surface area contributed by atoms with Gasteiger partial charge in [0.2, 0.25) is 0 Å². The number of hydrogen-bond acceptors (Lipinski definition) is 9. The molecule has 0 saturated carbocycles. The Morgan fingerprint density at radius 1 is 0.613 bits per heavy atom. The molecule has 0 aromatic rings. The number of likely N-dealkylation sites (N-methyl/N-ethyl adjacent to an activating group) is 1. The molecule has 1 rings (SSSR count). The molecule has 1 heterocycles. The average molecular weight is 883 g/mol. The molecule has 10 heteroatoms. The van der Waals surface area contributed by atoms with Crippen LogP contribution in [-0.2, 0) is 28.6 Å². The van der Waals surface area contributed by atoms with Crippen LogP contribution in [0.15, 0.2) is 0 Å². The summed E-state index contributed by atoms with van der Waals surface area (Å²) in [5.41, 5.74) is 0. The molecule has 1 aliphatic rings. The van der Waals surface area contributed by atoms with Crippen molar-refractivity contribution in [3.8, 4) is 0 Å². The molecule has 2 unspecified atom stereocenters. The van der Waals surface area contributed by atoms with E-state index in [1.165, 1.54) is 122 Å². The predicted molar refractivity (Wildman–Crippen MR) is 263 cm³/mol. The van der Waals surface area contributed by atoms with E-state index >= 15 is 0 Å². The second-order valence-corrected chi connectivity index (χ2v) is 18.6. The van der Waals surface area contributed by atoms with Gasteiger partial charge in [0.15, 0.2) is 0 Å². The second kappa shape index (κ2) is 43.2. The highest BCUT2D eigenvalue weighted by atomic mass is 16.5. The van der Waals surface area contributed by atoms with Crippen molar-refractivity contribution < 1.29 is 31.4 Å². The van der Waals surface area contributed by atoms with Crippen molar-refractivity contribution >= 4 is 17.8 Å². The zero-order valence-corrected chi connectivity index (χ0v) is 41.6. The summed E-state index contributed by atoms with van der Waals surface area (Å²) in [6.45, 7) is 13.5. The molecule has 2 N–H and O–H groups in total. The Labute approximate surface area is 386 Å². The number of esters is 2. The van der Waals surface area contributed by atoms with E-state index in [1.54, 1.807) is 11.9 Å². The molecular weight excluding hydrogens is 777 g/mol. The van der Waals surface area contributed by atoms with Crippen molar-refractivity contribution in [3.05, 3.63) is 0 Å². The number of rotatable bonds is 45. The van der Waals surface area contributed by atoms with Crippen molar-refractivity contribution in [2.75, 3.05) is 46.7 Å². The van der Waals surface area contributed by atoms with Crippen molar-refractivity contribution in [2.24, 2.45) is 0 Å². The first-order valence-corrected chi connectivity index (χ1v) is 26.7. The highest BCUT2D eigenvalue weighted by Crippen LogP contribution is 2.19. The third-order valence-electron chi connectivity index (χ3n) is 12.7. The largest absolute Gasteiger partial charge is 0.462 e. The Hall–Kier alpha value is -1.75. The monoisotopic (exact) mass is 883 g/mol. The molecule has 0 bridgehead atoms. The van der Waals surface area contributed by atoms with E-state index in [-0.39, 0.29) is 32.9 Å². The molecule has 1 fully saturated rings. The van der Waals surface area contributed by atoms with Crippen LogP contribution in [0, 0.1) is 0 Å². The maximum atomic E-state index is 12.9. The number of carbonyl (C=O) groups excluding carboxylic acids is 3. The van der Waals surface area contributed by atoms with E-state index in [4.69, 9.17) is 14.2 Å². The van der Waals surface area contributed by atoms with Crippen LogP contribution in [-0.4, -0.2) is 92.7 Å². The number of amides is 1. The van der Waals surface area contributed by atoms with Gasteiger partial charge in [0.1, 0.15) is 31.8 Å². The van der Waals surface area contributed by atoms with Crippen LogP contribution >= 0.6 is 0 Å². The normalized spacial score (nSPS) is 15.1. The van der Waals surface area contributed by atoms with Gasteiger partial charge in [-0.25, -0.2) is 0 Å². The van der Waals surface area contributed by atoms with Crippen molar-refractivity contribution in [3.63, 3.8) is 0 Å². The molecule has 2 atom stereocenters. The summed E-state index contributed by atoms with van der Waals surface area (Å²) in [5.74, 6) is 0.00429. The number of nitrogens with one attached hydrogen (secondary N) is 2. The highest BCUT2D eigenvalue weighted by molar-refractivity contribution is 5.81. The van der Waals surface area contributed by atoms with Crippen LogP contribution in [0.5, 0.6) is 0 Å². The number of ether oxygens (including phenoxy) is 3. The first-order valence-electron chi connectivity index (χ1n) is 26.7. The third kappa shape index (κ3) is 34.6. The van der Waals surface area contributed by atoms with Crippen LogP contribution in [0.3, 0.4) is 0 Å². The predicted octanol–water partition coefficient (Wildman–Crippen LogP) is 13.2. The summed E-state index contributed by atoms with van der Waals surface area (Å²) in [4.78, 5) is 42.3. The van der Waals surface area contributed by atoms with Gasteiger partial charge in [-0.1, -0.05) is 163 Å². The average Bonchev–Trinajstić information content (AvgIpc) is 3.42. The van der Waals surface area contributed by atoms with E-state index in [9.17, 15) is 14.4 Å². The molecule has 10 nitrogen and oxygen atoms in total. The number of nitrogens with zero attached hydrogens (tertiary/aromatic N) is 2. The molecule has 0 aromatic heterocycles. The number of carbonyl (C=O) groups is 3. The van der Waals surface area contributed by atoms with Crippen molar-refractivity contribution in [1.29, 1.82) is 0 Å². The molecule has 1 saturated heterocycles. The van der Waals surface area contributed by atoms with Gasteiger partial charge in [0.25, 0.3) is 5.91 Å². The second-order valence-electron chi connectivity index (χ2n) is 18.6. The van der Waals surface area contributed by atoms with Crippen molar-refractivity contribution in [2.45, 2.75) is 271 Å². The minimum absolute atomic E-state index is 0. The quantitative estimate of drug-likeness (QED) is 0.0456. The lowest BCUT2D eigenvalue weighted by Gasteiger charge is -2.24. The van der Waals surface area contributed by atoms with Gasteiger partial charge in [0, 0.05) is 22.7 Å². The summed E-state index contributed by atoms with van der Waals surface area (Å²) in [7, 11) is 1.77. The minimum atomic E-state index is -0.412. The number of hydrogen-bond donors (Lipinski definition) is 2. The first-order chi connectivity index (χ1) is 30.3. The molecule has 1 aliphatic heterocycles. The zero-order valence-electron chi connectivity index (χ0n) is 41.6. The summed E-state index contributed by atoms with van der Waals surface area (Å²) in [6.07, 6.45) is 39.6.